The van der Waals surface area contributed by atoms with Crippen LogP contribution in [0.4, 0.5) is 5.69 Å². The van der Waals surface area contributed by atoms with Crippen LogP contribution in [0.2, 0.25) is 0 Å². The first-order valence-electron chi connectivity index (χ1n) is 6.27. The standard InChI is InChI=1S/C15H18N2O2/c1-10(15(18)19)8-12-5-4-11-9-13(17(2)3)6-7-14(11)16-12/h4-7,9-10H,8H2,1-3H3,(H,18,19). The van der Waals surface area contributed by atoms with Crippen LogP contribution in [0.5, 0.6) is 0 Å². The Labute approximate surface area is 112 Å². The lowest BCUT2D eigenvalue weighted by atomic mass is 10.0. The predicted octanol–water partition coefficient (Wildman–Crippen LogP) is 2.56. The Morgan fingerprint density at radius 3 is 2.68 bits per heavy atom. The quantitative estimate of drug-likeness (QED) is 0.915. The van der Waals surface area contributed by atoms with Crippen LogP contribution in [0.15, 0.2) is 30.3 Å². The Bertz CT molecular complexity index is 608. The number of hydrogen-bond donors (Lipinski definition) is 1. The maximum atomic E-state index is 10.9. The van der Waals surface area contributed by atoms with Crippen molar-refractivity contribution < 1.29 is 9.90 Å². The van der Waals surface area contributed by atoms with Crippen LogP contribution in [0.1, 0.15) is 12.6 Å². The summed E-state index contributed by atoms with van der Waals surface area (Å²) in [5.74, 6) is -1.20. The first-order chi connectivity index (χ1) is 8.97. The molecule has 2 aromatic rings. The molecular formula is C15H18N2O2. The molecule has 0 aliphatic carbocycles. The molecule has 1 aromatic carbocycles. The van der Waals surface area contributed by atoms with Crippen LogP contribution in [-0.2, 0) is 11.2 Å². The SMILES string of the molecule is CC(Cc1ccc2cc(N(C)C)ccc2n1)C(=O)O. The second kappa shape index (κ2) is 5.26. The van der Waals surface area contributed by atoms with Crippen LogP contribution in [0.25, 0.3) is 10.9 Å². The number of carbonyl (C=O) groups is 1. The fourth-order valence-electron chi connectivity index (χ4n) is 1.95. The van der Waals surface area contributed by atoms with E-state index in [1.54, 1.807) is 6.92 Å². The molecule has 19 heavy (non-hydrogen) atoms. The van der Waals surface area contributed by atoms with Crippen molar-refractivity contribution in [2.75, 3.05) is 19.0 Å². The highest BCUT2D eigenvalue weighted by molar-refractivity contribution is 5.82. The molecule has 100 valence electrons. The van der Waals surface area contributed by atoms with Gasteiger partial charge in [-0.2, -0.15) is 0 Å². The predicted molar refractivity (Wildman–Crippen MR) is 76.6 cm³/mol. The molecule has 0 aliphatic rings. The van der Waals surface area contributed by atoms with E-state index in [4.69, 9.17) is 5.11 Å². The van der Waals surface area contributed by atoms with Gasteiger partial charge in [-0.15, -0.1) is 0 Å². The number of aromatic nitrogens is 1. The van der Waals surface area contributed by atoms with E-state index in [1.165, 1.54) is 0 Å². The minimum absolute atomic E-state index is 0.411. The molecule has 1 heterocycles. The van der Waals surface area contributed by atoms with Crippen molar-refractivity contribution in [1.29, 1.82) is 0 Å². The maximum absolute atomic E-state index is 10.9. The van der Waals surface area contributed by atoms with Gasteiger partial charge in [0.15, 0.2) is 0 Å². The summed E-state index contributed by atoms with van der Waals surface area (Å²) in [5.41, 5.74) is 2.85. The minimum Gasteiger partial charge on any atom is -0.481 e. The van der Waals surface area contributed by atoms with Crippen LogP contribution in [-0.4, -0.2) is 30.2 Å². The Kier molecular flexibility index (Phi) is 3.69. The van der Waals surface area contributed by atoms with E-state index in [2.05, 4.69) is 11.1 Å². The summed E-state index contributed by atoms with van der Waals surface area (Å²) < 4.78 is 0. The van der Waals surface area contributed by atoms with Crippen molar-refractivity contribution in [2.45, 2.75) is 13.3 Å². The van der Waals surface area contributed by atoms with Crippen molar-refractivity contribution in [3.8, 4) is 0 Å². The lowest BCUT2D eigenvalue weighted by molar-refractivity contribution is -0.141. The fourth-order valence-corrected chi connectivity index (χ4v) is 1.95. The van der Waals surface area contributed by atoms with Gasteiger partial charge >= 0.3 is 5.97 Å². The number of fused-ring (bicyclic) bond motifs is 1. The molecule has 1 atom stereocenters. The van der Waals surface area contributed by atoms with Gasteiger partial charge in [-0.05, 0) is 24.3 Å². The molecule has 0 amide bonds. The molecular weight excluding hydrogens is 240 g/mol. The number of rotatable bonds is 4. The highest BCUT2D eigenvalue weighted by Gasteiger charge is 2.12. The minimum atomic E-state index is -0.787. The largest absolute Gasteiger partial charge is 0.481 e. The van der Waals surface area contributed by atoms with Crippen molar-refractivity contribution in [2.24, 2.45) is 5.92 Å². The molecule has 1 unspecified atom stereocenters. The molecule has 1 aromatic heterocycles. The smallest absolute Gasteiger partial charge is 0.306 e. The number of aliphatic carboxylic acids is 1. The molecule has 0 saturated carbocycles. The monoisotopic (exact) mass is 258 g/mol. The van der Waals surface area contributed by atoms with E-state index >= 15 is 0 Å². The van der Waals surface area contributed by atoms with Crippen LogP contribution in [0, 0.1) is 5.92 Å². The highest BCUT2D eigenvalue weighted by atomic mass is 16.4. The second-order valence-corrected chi connectivity index (χ2v) is 5.02. The number of carboxylic acids is 1. The van der Waals surface area contributed by atoms with E-state index in [-0.39, 0.29) is 0 Å². The van der Waals surface area contributed by atoms with Gasteiger partial charge in [0.25, 0.3) is 0 Å². The zero-order valence-corrected chi connectivity index (χ0v) is 11.4. The molecule has 4 heteroatoms. The topological polar surface area (TPSA) is 53.4 Å². The third-order valence-corrected chi connectivity index (χ3v) is 3.18. The zero-order valence-electron chi connectivity index (χ0n) is 11.4. The first kappa shape index (κ1) is 13.3. The second-order valence-electron chi connectivity index (χ2n) is 5.02. The molecule has 1 N–H and O–H groups in total. The Morgan fingerprint density at radius 1 is 1.32 bits per heavy atom. The fraction of sp³-hybridized carbons (Fsp3) is 0.333. The van der Waals surface area contributed by atoms with Gasteiger partial charge in [-0.25, -0.2) is 0 Å². The van der Waals surface area contributed by atoms with E-state index in [1.807, 2.05) is 43.3 Å². The van der Waals surface area contributed by atoms with Crippen LogP contribution >= 0.6 is 0 Å². The number of pyridine rings is 1. The van der Waals surface area contributed by atoms with Crippen molar-refractivity contribution in [3.63, 3.8) is 0 Å². The summed E-state index contributed by atoms with van der Waals surface area (Å²) in [6, 6.07) is 9.96. The molecule has 4 nitrogen and oxygen atoms in total. The Hall–Kier alpha value is -2.10. The van der Waals surface area contributed by atoms with Crippen molar-refractivity contribution >= 4 is 22.6 Å². The molecule has 0 fully saturated rings. The van der Waals surface area contributed by atoms with Gasteiger partial charge in [-0.1, -0.05) is 13.0 Å². The normalized spacial score (nSPS) is 12.4. The van der Waals surface area contributed by atoms with E-state index in [0.29, 0.717) is 6.42 Å². The molecule has 2 rings (SSSR count). The van der Waals surface area contributed by atoms with Gasteiger partial charge in [0.2, 0.25) is 0 Å². The summed E-state index contributed by atoms with van der Waals surface area (Å²) in [6.07, 6.45) is 0.459. The summed E-state index contributed by atoms with van der Waals surface area (Å²) in [7, 11) is 4.00. The molecule has 0 spiro atoms. The average Bonchev–Trinajstić information content (AvgIpc) is 2.37. The van der Waals surface area contributed by atoms with Gasteiger partial charge in [0.1, 0.15) is 0 Å². The van der Waals surface area contributed by atoms with Gasteiger partial charge in [-0.3, -0.25) is 9.78 Å². The van der Waals surface area contributed by atoms with E-state index in [9.17, 15) is 4.79 Å². The summed E-state index contributed by atoms with van der Waals surface area (Å²) in [5, 5.41) is 9.99. The summed E-state index contributed by atoms with van der Waals surface area (Å²) >= 11 is 0. The molecule has 0 saturated heterocycles. The van der Waals surface area contributed by atoms with Gasteiger partial charge in [0.05, 0.1) is 11.4 Å². The van der Waals surface area contributed by atoms with Gasteiger partial charge in [0, 0.05) is 37.3 Å². The number of nitrogens with zero attached hydrogens (tertiary/aromatic N) is 2. The lowest BCUT2D eigenvalue weighted by Gasteiger charge is -2.13. The Morgan fingerprint density at radius 2 is 2.05 bits per heavy atom. The number of hydrogen-bond acceptors (Lipinski definition) is 3. The molecule has 0 bridgehead atoms. The van der Waals surface area contributed by atoms with Gasteiger partial charge < -0.3 is 10.0 Å². The van der Waals surface area contributed by atoms with Crippen LogP contribution < -0.4 is 4.90 Å². The number of carboxylic acid groups (broad SMARTS) is 1. The van der Waals surface area contributed by atoms with E-state index < -0.39 is 11.9 Å². The molecule has 0 aliphatic heterocycles. The third kappa shape index (κ3) is 3.02. The first-order valence-corrected chi connectivity index (χ1v) is 6.27. The van der Waals surface area contributed by atoms with Crippen molar-refractivity contribution in [3.05, 3.63) is 36.0 Å². The number of anilines is 1. The summed E-state index contributed by atoms with van der Waals surface area (Å²) in [4.78, 5) is 17.4. The van der Waals surface area contributed by atoms with E-state index in [0.717, 1.165) is 22.3 Å². The third-order valence-electron chi connectivity index (χ3n) is 3.18. The van der Waals surface area contributed by atoms with Crippen molar-refractivity contribution in [1.82, 2.24) is 4.98 Å². The maximum Gasteiger partial charge on any atom is 0.306 e. The lowest BCUT2D eigenvalue weighted by Crippen LogP contribution is -2.13. The molecule has 0 radical (unpaired) electrons. The van der Waals surface area contributed by atoms with Crippen LogP contribution in [0.3, 0.4) is 0 Å². The number of benzene rings is 1. The highest BCUT2D eigenvalue weighted by Crippen LogP contribution is 2.20. The average molecular weight is 258 g/mol. The zero-order chi connectivity index (χ0) is 14.0. The summed E-state index contributed by atoms with van der Waals surface area (Å²) in [6.45, 7) is 1.70. The Balaban J connectivity index is 2.31.